The molecule has 6 nitrogen and oxygen atoms in total. The lowest BCUT2D eigenvalue weighted by atomic mass is 10.2. The number of fused-ring (bicyclic) bond motifs is 1. The fourth-order valence-electron chi connectivity index (χ4n) is 2.83. The number of imidazole rings is 1. The van der Waals surface area contributed by atoms with Crippen molar-refractivity contribution in [1.29, 1.82) is 0 Å². The first-order valence-corrected chi connectivity index (χ1v) is 8.60. The zero-order valence-corrected chi connectivity index (χ0v) is 15.0. The third kappa shape index (κ3) is 3.55. The van der Waals surface area contributed by atoms with E-state index in [1.54, 1.807) is 42.6 Å². The van der Waals surface area contributed by atoms with Gasteiger partial charge in [-0.05, 0) is 42.0 Å². The summed E-state index contributed by atoms with van der Waals surface area (Å²) in [5.74, 6) is 0.240. The van der Waals surface area contributed by atoms with E-state index in [9.17, 15) is 14.0 Å². The molecule has 0 bridgehead atoms. The van der Waals surface area contributed by atoms with Gasteiger partial charge in [0.25, 0.3) is 5.56 Å². The highest BCUT2D eigenvalue weighted by molar-refractivity contribution is 5.94. The molecular formula is C21H16FN3O3. The second-order valence-electron chi connectivity index (χ2n) is 6.33. The van der Waals surface area contributed by atoms with Gasteiger partial charge in [0.1, 0.15) is 18.2 Å². The van der Waals surface area contributed by atoms with E-state index >= 15 is 0 Å². The molecule has 0 radical (unpaired) electrons. The molecule has 0 atom stereocenters. The number of hydrogen-bond acceptors (Lipinski definition) is 4. The van der Waals surface area contributed by atoms with Crippen molar-refractivity contribution in [2.24, 2.45) is 0 Å². The van der Waals surface area contributed by atoms with Crippen molar-refractivity contribution in [3.8, 4) is 11.4 Å². The summed E-state index contributed by atoms with van der Waals surface area (Å²) >= 11 is 0. The third-order valence-corrected chi connectivity index (χ3v) is 4.29. The van der Waals surface area contributed by atoms with Gasteiger partial charge in [0, 0.05) is 19.2 Å². The third-order valence-electron chi connectivity index (χ3n) is 4.29. The number of hydrogen-bond donors (Lipinski definition) is 1. The standard InChI is InChI=1S/C21H16FN3O3/c1-13(26)21-23-18-7-6-16(10-19(18)24-21)25-9-8-17(11-20(25)27)28-12-14-2-4-15(22)5-3-14/h2-11H,12H2,1H3,(H,23,24). The van der Waals surface area contributed by atoms with Crippen LogP contribution in [0, 0.1) is 5.82 Å². The molecule has 2 heterocycles. The Bertz CT molecular complexity index is 1230. The maximum absolute atomic E-state index is 12.9. The summed E-state index contributed by atoms with van der Waals surface area (Å²) in [5.41, 5.74) is 2.51. The lowest BCUT2D eigenvalue weighted by molar-refractivity contribution is 0.100. The smallest absolute Gasteiger partial charge is 0.258 e. The maximum Gasteiger partial charge on any atom is 0.258 e. The minimum absolute atomic E-state index is 0.155. The van der Waals surface area contributed by atoms with Crippen molar-refractivity contribution in [3.05, 3.63) is 88.4 Å². The van der Waals surface area contributed by atoms with Crippen LogP contribution in [0.5, 0.6) is 5.75 Å². The zero-order valence-electron chi connectivity index (χ0n) is 15.0. The van der Waals surface area contributed by atoms with Crippen LogP contribution in [-0.4, -0.2) is 20.3 Å². The molecule has 28 heavy (non-hydrogen) atoms. The van der Waals surface area contributed by atoms with Crippen LogP contribution in [0.1, 0.15) is 23.1 Å². The van der Waals surface area contributed by atoms with Gasteiger partial charge in [-0.3, -0.25) is 14.2 Å². The minimum Gasteiger partial charge on any atom is -0.489 e. The van der Waals surface area contributed by atoms with Crippen molar-refractivity contribution in [3.63, 3.8) is 0 Å². The number of H-pyrrole nitrogens is 1. The Labute approximate surface area is 159 Å². The number of pyridine rings is 1. The SMILES string of the molecule is CC(=O)c1nc2ccc(-n3ccc(OCc4ccc(F)cc4)cc3=O)cc2[nH]1. The number of halogens is 1. The fraction of sp³-hybridized carbons (Fsp3) is 0.0952. The monoisotopic (exact) mass is 377 g/mol. The molecule has 0 fully saturated rings. The Morgan fingerprint density at radius 3 is 2.64 bits per heavy atom. The lowest BCUT2D eigenvalue weighted by Crippen LogP contribution is -2.16. The topological polar surface area (TPSA) is 77.0 Å². The molecule has 0 aliphatic rings. The van der Waals surface area contributed by atoms with Gasteiger partial charge in [-0.25, -0.2) is 9.37 Å². The molecule has 0 saturated carbocycles. The summed E-state index contributed by atoms with van der Waals surface area (Å²) in [4.78, 5) is 31.1. The van der Waals surface area contributed by atoms with Crippen molar-refractivity contribution in [2.75, 3.05) is 0 Å². The number of benzene rings is 2. The summed E-state index contributed by atoms with van der Waals surface area (Å²) in [6.45, 7) is 1.67. The van der Waals surface area contributed by atoms with Crippen LogP contribution in [-0.2, 0) is 6.61 Å². The van der Waals surface area contributed by atoms with Crippen molar-refractivity contribution in [1.82, 2.24) is 14.5 Å². The van der Waals surface area contributed by atoms with E-state index in [1.165, 1.54) is 29.7 Å². The number of carbonyl (C=O) groups is 1. The van der Waals surface area contributed by atoms with E-state index in [4.69, 9.17) is 4.74 Å². The molecular weight excluding hydrogens is 361 g/mol. The van der Waals surface area contributed by atoms with E-state index in [0.717, 1.165) is 5.56 Å². The second kappa shape index (κ2) is 7.11. The van der Waals surface area contributed by atoms with Crippen molar-refractivity contribution in [2.45, 2.75) is 13.5 Å². The number of Topliss-reactive ketones (excluding diaryl/α,β-unsaturated/α-hetero) is 1. The number of rotatable bonds is 5. The highest BCUT2D eigenvalue weighted by atomic mass is 19.1. The summed E-state index contributed by atoms with van der Waals surface area (Å²) < 4.78 is 20.0. The van der Waals surface area contributed by atoms with Gasteiger partial charge in [0.15, 0.2) is 11.6 Å². The number of nitrogens with zero attached hydrogens (tertiary/aromatic N) is 2. The average Bonchev–Trinajstić information content (AvgIpc) is 3.11. The molecule has 2 aromatic carbocycles. The molecule has 0 aliphatic heterocycles. The van der Waals surface area contributed by atoms with E-state index in [2.05, 4.69) is 9.97 Å². The van der Waals surface area contributed by atoms with Crippen LogP contribution in [0.15, 0.2) is 65.6 Å². The number of nitrogens with one attached hydrogen (secondary N) is 1. The van der Waals surface area contributed by atoms with E-state index in [-0.39, 0.29) is 29.6 Å². The normalized spacial score (nSPS) is 10.9. The van der Waals surface area contributed by atoms with Gasteiger partial charge in [-0.2, -0.15) is 0 Å². The van der Waals surface area contributed by atoms with Crippen molar-refractivity contribution < 1.29 is 13.9 Å². The van der Waals surface area contributed by atoms with Crippen LogP contribution >= 0.6 is 0 Å². The first kappa shape index (κ1) is 17.7. The Morgan fingerprint density at radius 1 is 1.14 bits per heavy atom. The molecule has 0 spiro atoms. The first-order valence-electron chi connectivity index (χ1n) is 8.60. The van der Waals surface area contributed by atoms with Crippen LogP contribution in [0.25, 0.3) is 16.7 Å². The molecule has 1 N–H and O–H groups in total. The summed E-state index contributed by atoms with van der Waals surface area (Å²) in [6.07, 6.45) is 1.62. The van der Waals surface area contributed by atoms with Crippen LogP contribution in [0.2, 0.25) is 0 Å². The number of aromatic nitrogens is 3. The largest absolute Gasteiger partial charge is 0.489 e. The number of aromatic amines is 1. The lowest BCUT2D eigenvalue weighted by Gasteiger charge is -2.09. The average molecular weight is 377 g/mol. The van der Waals surface area contributed by atoms with E-state index < -0.39 is 0 Å². The van der Waals surface area contributed by atoms with Crippen LogP contribution < -0.4 is 10.3 Å². The maximum atomic E-state index is 12.9. The first-order chi connectivity index (χ1) is 13.5. The fourth-order valence-corrected chi connectivity index (χ4v) is 2.83. The molecule has 2 aromatic heterocycles. The molecule has 140 valence electrons. The predicted molar refractivity (Wildman–Crippen MR) is 102 cm³/mol. The highest BCUT2D eigenvalue weighted by Crippen LogP contribution is 2.17. The molecule has 0 unspecified atom stereocenters. The second-order valence-corrected chi connectivity index (χ2v) is 6.33. The van der Waals surface area contributed by atoms with Gasteiger partial charge >= 0.3 is 0 Å². The van der Waals surface area contributed by atoms with Crippen molar-refractivity contribution >= 4 is 16.8 Å². The predicted octanol–water partition coefficient (Wildman–Crippen LogP) is 3.63. The number of ether oxygens (including phenoxy) is 1. The molecule has 0 saturated heterocycles. The van der Waals surface area contributed by atoms with Gasteiger partial charge in [0.05, 0.1) is 16.7 Å². The quantitative estimate of drug-likeness (QED) is 0.539. The summed E-state index contributed by atoms with van der Waals surface area (Å²) in [6, 6.07) is 14.3. The highest BCUT2D eigenvalue weighted by Gasteiger charge is 2.09. The minimum atomic E-state index is -0.309. The summed E-state index contributed by atoms with van der Waals surface area (Å²) in [7, 11) is 0. The van der Waals surface area contributed by atoms with Gasteiger partial charge in [0.2, 0.25) is 0 Å². The number of ketones is 1. The van der Waals surface area contributed by atoms with Crippen LogP contribution in [0.4, 0.5) is 4.39 Å². The van der Waals surface area contributed by atoms with Crippen LogP contribution in [0.3, 0.4) is 0 Å². The van der Waals surface area contributed by atoms with Gasteiger partial charge in [-0.1, -0.05) is 12.1 Å². The zero-order chi connectivity index (χ0) is 19.7. The van der Waals surface area contributed by atoms with Gasteiger partial charge < -0.3 is 9.72 Å². The molecule has 7 heteroatoms. The Kier molecular flexibility index (Phi) is 4.49. The Hall–Kier alpha value is -3.74. The molecule has 0 aliphatic carbocycles. The van der Waals surface area contributed by atoms with E-state index in [0.29, 0.717) is 22.5 Å². The molecule has 4 rings (SSSR count). The Balaban J connectivity index is 1.57. The van der Waals surface area contributed by atoms with Gasteiger partial charge in [-0.15, -0.1) is 0 Å². The Morgan fingerprint density at radius 2 is 1.93 bits per heavy atom. The molecule has 4 aromatic rings. The van der Waals surface area contributed by atoms with E-state index in [1.807, 2.05) is 0 Å². The summed E-state index contributed by atoms with van der Waals surface area (Å²) in [5, 5.41) is 0. The molecule has 0 amide bonds. The number of carbonyl (C=O) groups excluding carboxylic acids is 1.